The second kappa shape index (κ2) is 12.0. The number of nitrogens with zero attached hydrogens (tertiary/aromatic N) is 4. The maximum atomic E-state index is 13.1. The van der Waals surface area contributed by atoms with Crippen LogP contribution in [0.25, 0.3) is 11.4 Å². The first kappa shape index (κ1) is 27.6. The van der Waals surface area contributed by atoms with Gasteiger partial charge in [-0.1, -0.05) is 0 Å². The number of nitrogens with one attached hydrogen (secondary N) is 2. The summed E-state index contributed by atoms with van der Waals surface area (Å²) in [7, 11) is 0. The van der Waals surface area contributed by atoms with E-state index in [4.69, 9.17) is 19.4 Å². The number of ether oxygens (including phenoxy) is 2. The predicted octanol–water partition coefficient (Wildman–Crippen LogP) is 3.34. The van der Waals surface area contributed by atoms with Crippen LogP contribution < -0.4 is 15.5 Å². The second-order valence-corrected chi connectivity index (χ2v) is 10.3. The van der Waals surface area contributed by atoms with Crippen LogP contribution in [0.3, 0.4) is 0 Å². The van der Waals surface area contributed by atoms with Crippen molar-refractivity contribution in [1.82, 2.24) is 20.2 Å². The highest BCUT2D eigenvalue weighted by Crippen LogP contribution is 2.38. The molecule has 4 rings (SSSR count). The third-order valence-corrected chi connectivity index (χ3v) is 6.39. The predicted molar refractivity (Wildman–Crippen MR) is 144 cm³/mol. The van der Waals surface area contributed by atoms with Crippen LogP contribution in [0, 0.1) is 0 Å². The Morgan fingerprint density at radius 3 is 2.47 bits per heavy atom. The minimum Gasteiger partial charge on any atom is -0.444 e. The Morgan fingerprint density at radius 2 is 1.84 bits per heavy atom. The molecule has 2 aliphatic rings. The number of rotatable bonds is 6. The van der Waals surface area contributed by atoms with Gasteiger partial charge in [0.25, 0.3) is 0 Å². The molecule has 2 aliphatic heterocycles. The van der Waals surface area contributed by atoms with Crippen molar-refractivity contribution in [2.45, 2.75) is 52.2 Å². The molecule has 2 aromatic rings. The molecule has 11 heteroatoms. The normalized spacial score (nSPS) is 17.6. The minimum atomic E-state index is -0.638. The summed E-state index contributed by atoms with van der Waals surface area (Å²) in [5.41, 5.74) is 2.51. The summed E-state index contributed by atoms with van der Waals surface area (Å²) in [5.74, 6) is 1.35. The van der Waals surface area contributed by atoms with E-state index in [0.29, 0.717) is 63.7 Å². The number of amides is 3. The molecule has 1 saturated heterocycles. The van der Waals surface area contributed by atoms with Gasteiger partial charge in [-0.15, -0.1) is 0 Å². The van der Waals surface area contributed by atoms with E-state index >= 15 is 0 Å². The number of urea groups is 1. The zero-order valence-corrected chi connectivity index (χ0v) is 22.6. The number of aliphatic hydroxyl groups is 1. The lowest BCUT2D eigenvalue weighted by Gasteiger charge is -2.39. The summed E-state index contributed by atoms with van der Waals surface area (Å²) in [4.78, 5) is 38.8. The Bertz CT molecular complexity index is 1130. The number of fused-ring (bicyclic) bond motifs is 1. The number of hydrogen-bond donors (Lipinski definition) is 3. The third kappa shape index (κ3) is 6.51. The SMILES string of the molecule is CCNC(=O)Nc1ccc(-c2nc3c(c(N4CCOCC4)n2)CCN(C(=O)OC(C)(C)C)[C@@H]3CCO)cc1. The first-order valence-corrected chi connectivity index (χ1v) is 13.2. The van der Waals surface area contributed by atoms with Crippen molar-refractivity contribution in [3.05, 3.63) is 35.5 Å². The van der Waals surface area contributed by atoms with Crippen LogP contribution in [-0.2, 0) is 15.9 Å². The lowest BCUT2D eigenvalue weighted by molar-refractivity contribution is 0.0110. The monoisotopic (exact) mass is 526 g/mol. The first-order valence-electron chi connectivity index (χ1n) is 13.2. The number of anilines is 2. The molecule has 3 N–H and O–H groups in total. The van der Waals surface area contributed by atoms with Gasteiger partial charge < -0.3 is 30.1 Å². The van der Waals surface area contributed by atoms with Gasteiger partial charge in [0, 0.05) is 49.6 Å². The largest absolute Gasteiger partial charge is 0.444 e. The molecule has 1 aromatic carbocycles. The standard InChI is InChI=1S/C27H38N6O5/c1-5-28-25(35)29-19-8-6-18(7-9-19)23-30-22-20(24(31-23)32-13-16-37-17-14-32)10-12-33(21(22)11-15-34)26(36)38-27(2,3)4/h6-9,21,34H,5,10-17H2,1-4H3,(H2,28,29,35)/t21-/m1/s1. The summed E-state index contributed by atoms with van der Waals surface area (Å²) >= 11 is 0. The van der Waals surface area contributed by atoms with Crippen LogP contribution >= 0.6 is 0 Å². The Hall–Kier alpha value is -3.44. The van der Waals surface area contributed by atoms with Crippen LogP contribution in [0.1, 0.15) is 51.4 Å². The van der Waals surface area contributed by atoms with Crippen LogP contribution in [0.15, 0.2) is 24.3 Å². The summed E-state index contributed by atoms with van der Waals surface area (Å²) in [5, 5.41) is 15.4. The molecule has 0 saturated carbocycles. The summed E-state index contributed by atoms with van der Waals surface area (Å²) in [6.07, 6.45) is 0.495. The molecule has 3 heterocycles. The fourth-order valence-electron chi connectivity index (χ4n) is 4.70. The smallest absolute Gasteiger partial charge is 0.410 e. The zero-order valence-electron chi connectivity index (χ0n) is 22.6. The summed E-state index contributed by atoms with van der Waals surface area (Å²) in [6.45, 7) is 10.9. The van der Waals surface area contributed by atoms with Crippen LogP contribution in [-0.4, -0.2) is 83.7 Å². The number of aromatic nitrogens is 2. The van der Waals surface area contributed by atoms with E-state index in [0.717, 1.165) is 22.6 Å². The van der Waals surface area contributed by atoms with Crippen molar-refractivity contribution in [2.75, 3.05) is 56.2 Å². The second-order valence-electron chi connectivity index (χ2n) is 10.3. The summed E-state index contributed by atoms with van der Waals surface area (Å²) in [6, 6.07) is 6.62. The molecule has 38 heavy (non-hydrogen) atoms. The fraction of sp³-hybridized carbons (Fsp3) is 0.556. The molecule has 0 spiro atoms. The van der Waals surface area contributed by atoms with E-state index in [2.05, 4.69) is 15.5 Å². The average Bonchev–Trinajstić information content (AvgIpc) is 2.88. The van der Waals surface area contributed by atoms with Gasteiger partial charge >= 0.3 is 12.1 Å². The summed E-state index contributed by atoms with van der Waals surface area (Å²) < 4.78 is 11.3. The van der Waals surface area contributed by atoms with E-state index in [1.807, 2.05) is 39.8 Å². The van der Waals surface area contributed by atoms with Crippen molar-refractivity contribution in [3.8, 4) is 11.4 Å². The number of benzene rings is 1. The van der Waals surface area contributed by atoms with Crippen molar-refractivity contribution in [2.24, 2.45) is 0 Å². The molecule has 1 atom stereocenters. The van der Waals surface area contributed by atoms with Crippen molar-refractivity contribution < 1.29 is 24.2 Å². The van der Waals surface area contributed by atoms with Gasteiger partial charge in [0.1, 0.15) is 11.4 Å². The molecule has 0 aliphatic carbocycles. The highest BCUT2D eigenvalue weighted by atomic mass is 16.6. The number of aliphatic hydroxyl groups excluding tert-OH is 1. The topological polar surface area (TPSA) is 129 Å². The fourth-order valence-corrected chi connectivity index (χ4v) is 4.70. The molecule has 1 aromatic heterocycles. The molecule has 1 fully saturated rings. The third-order valence-electron chi connectivity index (χ3n) is 6.39. The molecule has 11 nitrogen and oxygen atoms in total. The molecule has 0 radical (unpaired) electrons. The molecule has 0 bridgehead atoms. The quantitative estimate of drug-likeness (QED) is 0.523. The molecular formula is C27H38N6O5. The van der Waals surface area contributed by atoms with Crippen LogP contribution in [0.2, 0.25) is 0 Å². The molecular weight excluding hydrogens is 488 g/mol. The Kier molecular flexibility index (Phi) is 8.68. The van der Waals surface area contributed by atoms with Gasteiger partial charge in [0.2, 0.25) is 0 Å². The number of carbonyl (C=O) groups excluding carboxylic acids is 2. The van der Waals surface area contributed by atoms with Crippen molar-refractivity contribution in [1.29, 1.82) is 0 Å². The van der Waals surface area contributed by atoms with E-state index in [9.17, 15) is 14.7 Å². The number of hydrogen-bond acceptors (Lipinski definition) is 8. The zero-order chi connectivity index (χ0) is 27.3. The Labute approximate surface area is 223 Å². The van der Waals surface area contributed by atoms with Crippen LogP contribution in [0.4, 0.5) is 21.1 Å². The van der Waals surface area contributed by atoms with Gasteiger partial charge in [-0.25, -0.2) is 19.6 Å². The van der Waals surface area contributed by atoms with Crippen molar-refractivity contribution >= 4 is 23.6 Å². The highest BCUT2D eigenvalue weighted by Gasteiger charge is 2.37. The maximum absolute atomic E-state index is 13.1. The maximum Gasteiger partial charge on any atom is 0.410 e. The van der Waals surface area contributed by atoms with Gasteiger partial charge in [0.05, 0.1) is 24.9 Å². The Balaban J connectivity index is 1.74. The van der Waals surface area contributed by atoms with Crippen LogP contribution in [0.5, 0.6) is 0 Å². The van der Waals surface area contributed by atoms with Gasteiger partial charge in [-0.05, 0) is 64.8 Å². The minimum absolute atomic E-state index is 0.101. The van der Waals surface area contributed by atoms with E-state index in [1.54, 1.807) is 17.0 Å². The van der Waals surface area contributed by atoms with E-state index < -0.39 is 17.7 Å². The van der Waals surface area contributed by atoms with E-state index in [-0.39, 0.29) is 12.6 Å². The first-order chi connectivity index (χ1) is 18.2. The van der Waals surface area contributed by atoms with E-state index in [1.165, 1.54) is 0 Å². The van der Waals surface area contributed by atoms with Gasteiger partial charge in [-0.3, -0.25) is 4.90 Å². The average molecular weight is 527 g/mol. The Morgan fingerprint density at radius 1 is 1.13 bits per heavy atom. The molecule has 206 valence electrons. The number of morpholine rings is 1. The lowest BCUT2D eigenvalue weighted by Crippen LogP contribution is -2.45. The van der Waals surface area contributed by atoms with Crippen molar-refractivity contribution in [3.63, 3.8) is 0 Å². The molecule has 3 amide bonds. The number of carbonyl (C=O) groups is 2. The molecule has 0 unspecified atom stereocenters. The van der Waals surface area contributed by atoms with Gasteiger partial charge in [-0.2, -0.15) is 0 Å². The lowest BCUT2D eigenvalue weighted by atomic mass is 9.95. The van der Waals surface area contributed by atoms with Gasteiger partial charge in [0.15, 0.2) is 5.82 Å². The highest BCUT2D eigenvalue weighted by molar-refractivity contribution is 5.89.